The maximum Gasteiger partial charge on any atom is 0.354 e. The van der Waals surface area contributed by atoms with E-state index in [1.807, 2.05) is 30.3 Å². The quantitative estimate of drug-likeness (QED) is 0.439. The van der Waals surface area contributed by atoms with E-state index in [0.29, 0.717) is 11.3 Å². The van der Waals surface area contributed by atoms with Crippen molar-refractivity contribution in [2.75, 3.05) is 27.3 Å². The largest absolute Gasteiger partial charge is 0.462 e. The van der Waals surface area contributed by atoms with Crippen molar-refractivity contribution in [1.29, 1.82) is 0 Å². The lowest BCUT2D eigenvalue weighted by molar-refractivity contribution is -0.140. The summed E-state index contributed by atoms with van der Waals surface area (Å²) in [5.41, 5.74) is 1.46. The highest BCUT2D eigenvalue weighted by molar-refractivity contribution is 6.17. The first-order valence-electron chi connectivity index (χ1n) is 7.50. The molecular formula is C18H23NO4. The predicted molar refractivity (Wildman–Crippen MR) is 89.5 cm³/mol. The van der Waals surface area contributed by atoms with Crippen LogP contribution in [0.4, 0.5) is 0 Å². The van der Waals surface area contributed by atoms with Crippen LogP contribution in [0.1, 0.15) is 19.4 Å². The van der Waals surface area contributed by atoms with Gasteiger partial charge in [-0.25, -0.2) is 9.59 Å². The smallest absolute Gasteiger partial charge is 0.354 e. The van der Waals surface area contributed by atoms with E-state index in [4.69, 9.17) is 9.47 Å². The Morgan fingerprint density at radius 3 is 2.04 bits per heavy atom. The van der Waals surface area contributed by atoms with Gasteiger partial charge in [0.15, 0.2) is 0 Å². The number of allylic oxidation sites excluding steroid dienone is 2. The summed E-state index contributed by atoms with van der Waals surface area (Å²) in [4.78, 5) is 25.8. The van der Waals surface area contributed by atoms with Gasteiger partial charge in [-0.1, -0.05) is 30.3 Å². The zero-order valence-corrected chi connectivity index (χ0v) is 14.0. The van der Waals surface area contributed by atoms with Gasteiger partial charge in [-0.3, -0.25) is 0 Å². The lowest BCUT2D eigenvalue weighted by Crippen LogP contribution is -2.21. The minimum atomic E-state index is -0.440. The number of hydrogen-bond acceptors (Lipinski definition) is 5. The monoisotopic (exact) mass is 317 g/mol. The Bertz CT molecular complexity index is 588. The van der Waals surface area contributed by atoms with Crippen LogP contribution in [0.15, 0.2) is 48.2 Å². The highest BCUT2D eigenvalue weighted by atomic mass is 16.5. The van der Waals surface area contributed by atoms with Crippen LogP contribution in [0.3, 0.4) is 0 Å². The number of benzene rings is 1. The van der Waals surface area contributed by atoms with Crippen molar-refractivity contribution in [1.82, 2.24) is 4.90 Å². The summed E-state index contributed by atoms with van der Waals surface area (Å²) in [5.74, 6) is -0.873. The standard InChI is InChI=1S/C18H23NO4/c1-5-22-17(20)15(14-10-8-7-9-11-14)12-13-16(19(3)4)18(21)23-6-2/h7-13H,5-6H2,1-4H3/b15-12+,16-13-. The third kappa shape index (κ3) is 5.62. The third-order valence-electron chi connectivity index (χ3n) is 2.95. The minimum Gasteiger partial charge on any atom is -0.462 e. The number of hydrogen-bond donors (Lipinski definition) is 0. The zero-order chi connectivity index (χ0) is 17.2. The molecule has 0 spiro atoms. The summed E-state index contributed by atoms with van der Waals surface area (Å²) in [6.45, 7) is 4.07. The number of nitrogens with zero attached hydrogens (tertiary/aromatic N) is 1. The summed E-state index contributed by atoms with van der Waals surface area (Å²) in [6, 6.07) is 9.17. The van der Waals surface area contributed by atoms with Crippen molar-refractivity contribution in [2.45, 2.75) is 13.8 Å². The molecule has 1 aromatic carbocycles. The molecule has 0 heterocycles. The molecule has 0 atom stereocenters. The third-order valence-corrected chi connectivity index (χ3v) is 2.95. The minimum absolute atomic E-state index is 0.283. The summed E-state index contributed by atoms with van der Waals surface area (Å²) < 4.78 is 10.1. The maximum atomic E-state index is 12.2. The summed E-state index contributed by atoms with van der Waals surface area (Å²) in [5, 5.41) is 0. The summed E-state index contributed by atoms with van der Waals surface area (Å²) in [6.07, 6.45) is 3.15. The number of carbonyl (C=O) groups excluding carboxylic acids is 2. The maximum absolute atomic E-state index is 12.2. The first-order chi connectivity index (χ1) is 11.0. The second-order valence-electron chi connectivity index (χ2n) is 4.83. The number of esters is 2. The number of ether oxygens (including phenoxy) is 2. The van der Waals surface area contributed by atoms with Crippen molar-refractivity contribution in [2.24, 2.45) is 0 Å². The molecular weight excluding hydrogens is 294 g/mol. The second kappa shape index (κ2) is 9.46. The van der Waals surface area contributed by atoms with Crippen LogP contribution in [0.2, 0.25) is 0 Å². The van der Waals surface area contributed by atoms with Crippen LogP contribution in [-0.4, -0.2) is 44.1 Å². The van der Waals surface area contributed by atoms with E-state index < -0.39 is 11.9 Å². The van der Waals surface area contributed by atoms with Gasteiger partial charge in [-0.2, -0.15) is 0 Å². The van der Waals surface area contributed by atoms with Gasteiger partial charge < -0.3 is 14.4 Å². The SMILES string of the molecule is CCOC(=O)/C(=C/C=C(/C(=O)OCC)c1ccccc1)N(C)C. The Hall–Kier alpha value is -2.56. The molecule has 0 aliphatic heterocycles. The lowest BCUT2D eigenvalue weighted by atomic mass is 10.1. The zero-order valence-electron chi connectivity index (χ0n) is 14.0. The molecule has 0 aliphatic carbocycles. The Morgan fingerprint density at radius 1 is 0.957 bits per heavy atom. The highest BCUT2D eigenvalue weighted by Crippen LogP contribution is 2.17. The second-order valence-corrected chi connectivity index (χ2v) is 4.83. The van der Waals surface area contributed by atoms with E-state index in [0.717, 1.165) is 5.56 Å². The van der Waals surface area contributed by atoms with E-state index in [-0.39, 0.29) is 13.2 Å². The van der Waals surface area contributed by atoms with Crippen LogP contribution in [0.5, 0.6) is 0 Å². The molecule has 1 aromatic rings. The van der Waals surface area contributed by atoms with Gasteiger partial charge in [-0.05, 0) is 31.6 Å². The number of rotatable bonds is 7. The van der Waals surface area contributed by atoms with E-state index >= 15 is 0 Å². The topological polar surface area (TPSA) is 55.8 Å². The number of carbonyl (C=O) groups is 2. The molecule has 0 unspecified atom stereocenters. The van der Waals surface area contributed by atoms with Gasteiger partial charge in [0, 0.05) is 14.1 Å². The highest BCUT2D eigenvalue weighted by Gasteiger charge is 2.15. The molecule has 0 N–H and O–H groups in total. The molecule has 5 nitrogen and oxygen atoms in total. The molecule has 23 heavy (non-hydrogen) atoms. The lowest BCUT2D eigenvalue weighted by Gasteiger charge is -2.15. The van der Waals surface area contributed by atoms with Crippen LogP contribution < -0.4 is 0 Å². The van der Waals surface area contributed by atoms with Crippen molar-refractivity contribution in [3.8, 4) is 0 Å². The molecule has 0 bridgehead atoms. The van der Waals surface area contributed by atoms with Gasteiger partial charge in [0.2, 0.25) is 0 Å². The van der Waals surface area contributed by atoms with Crippen LogP contribution in [0, 0.1) is 0 Å². The molecule has 0 saturated heterocycles. The molecule has 0 aromatic heterocycles. The normalized spacial score (nSPS) is 11.8. The first kappa shape index (κ1) is 18.5. The fraction of sp³-hybridized carbons (Fsp3) is 0.333. The van der Waals surface area contributed by atoms with E-state index in [1.54, 1.807) is 45.0 Å². The molecule has 0 fully saturated rings. The Labute approximate surface area is 137 Å². The van der Waals surface area contributed by atoms with Gasteiger partial charge >= 0.3 is 11.9 Å². The average Bonchev–Trinajstić information content (AvgIpc) is 2.52. The van der Waals surface area contributed by atoms with Crippen LogP contribution in [-0.2, 0) is 19.1 Å². The van der Waals surface area contributed by atoms with E-state index in [1.165, 1.54) is 0 Å². The van der Waals surface area contributed by atoms with Crippen LogP contribution >= 0.6 is 0 Å². The van der Waals surface area contributed by atoms with Crippen molar-refractivity contribution < 1.29 is 19.1 Å². The molecule has 0 saturated carbocycles. The molecule has 5 heteroatoms. The fourth-order valence-electron chi connectivity index (χ4n) is 1.88. The van der Waals surface area contributed by atoms with Crippen molar-refractivity contribution in [3.05, 3.63) is 53.7 Å². The number of likely N-dealkylation sites (N-methyl/N-ethyl adjacent to an activating group) is 1. The predicted octanol–water partition coefficient (Wildman–Crippen LogP) is 2.64. The molecule has 124 valence electrons. The Morgan fingerprint density at radius 2 is 1.52 bits per heavy atom. The molecule has 0 amide bonds. The van der Waals surface area contributed by atoms with Gasteiger partial charge in [0.25, 0.3) is 0 Å². The van der Waals surface area contributed by atoms with E-state index in [2.05, 4.69) is 0 Å². The van der Waals surface area contributed by atoms with Crippen molar-refractivity contribution >= 4 is 17.5 Å². The van der Waals surface area contributed by atoms with Crippen LogP contribution in [0.25, 0.3) is 5.57 Å². The summed E-state index contributed by atoms with van der Waals surface area (Å²) >= 11 is 0. The molecule has 1 rings (SSSR count). The van der Waals surface area contributed by atoms with Gasteiger partial charge in [0.05, 0.1) is 18.8 Å². The molecule has 0 aliphatic rings. The Kier molecular flexibility index (Phi) is 7.60. The van der Waals surface area contributed by atoms with Crippen molar-refractivity contribution in [3.63, 3.8) is 0 Å². The first-order valence-corrected chi connectivity index (χ1v) is 7.50. The summed E-state index contributed by atoms with van der Waals surface area (Å²) in [7, 11) is 3.48. The van der Waals surface area contributed by atoms with Gasteiger partial charge in [0.1, 0.15) is 5.70 Å². The van der Waals surface area contributed by atoms with E-state index in [9.17, 15) is 9.59 Å². The fourth-order valence-corrected chi connectivity index (χ4v) is 1.88. The molecule has 0 radical (unpaired) electrons. The van der Waals surface area contributed by atoms with Gasteiger partial charge in [-0.15, -0.1) is 0 Å². The Balaban J connectivity index is 3.23. The average molecular weight is 317 g/mol.